The molecule has 2 rings (SSSR count). The topological polar surface area (TPSA) is 78.4 Å². The summed E-state index contributed by atoms with van der Waals surface area (Å²) in [6, 6.07) is 3.90. The molecule has 2 atom stereocenters. The van der Waals surface area contributed by atoms with E-state index in [0.29, 0.717) is 28.6 Å². The van der Waals surface area contributed by atoms with Crippen molar-refractivity contribution in [3.8, 4) is 0 Å². The molecule has 0 bridgehead atoms. The van der Waals surface area contributed by atoms with Gasteiger partial charge >= 0.3 is 12.0 Å². The first kappa shape index (κ1) is 15.9. The zero-order chi connectivity index (χ0) is 15.4. The smallest absolute Gasteiger partial charge is 0.319 e. The van der Waals surface area contributed by atoms with Crippen molar-refractivity contribution in [1.82, 2.24) is 5.32 Å². The highest BCUT2D eigenvalue weighted by molar-refractivity contribution is 6.35. The van der Waals surface area contributed by atoms with Crippen molar-refractivity contribution >= 4 is 40.9 Å². The molecule has 0 spiro atoms. The standard InChI is InChI=1S/C14H16Cl2N2O3/c15-8-5-9(16)7-10(6-8)17-14(21)18-12-4-2-1-3-11(12)13(19)20/h5-7,11-12H,1-4H2,(H,19,20)(H2,17,18,21). The van der Waals surface area contributed by atoms with Gasteiger partial charge in [-0.05, 0) is 31.0 Å². The van der Waals surface area contributed by atoms with Crippen molar-refractivity contribution in [3.63, 3.8) is 0 Å². The summed E-state index contributed by atoms with van der Waals surface area (Å²) in [7, 11) is 0. The number of aliphatic carboxylic acids is 1. The van der Waals surface area contributed by atoms with Crippen LogP contribution in [0.2, 0.25) is 10.0 Å². The molecule has 0 saturated heterocycles. The van der Waals surface area contributed by atoms with Crippen LogP contribution in [-0.2, 0) is 4.79 Å². The van der Waals surface area contributed by atoms with Gasteiger partial charge in [0, 0.05) is 21.8 Å². The number of hydrogen-bond acceptors (Lipinski definition) is 2. The van der Waals surface area contributed by atoms with Crippen LogP contribution in [0.5, 0.6) is 0 Å². The second-order valence-corrected chi connectivity index (χ2v) is 5.97. The van der Waals surface area contributed by atoms with Gasteiger partial charge in [0.1, 0.15) is 0 Å². The highest BCUT2D eigenvalue weighted by Gasteiger charge is 2.31. The Balaban J connectivity index is 1.98. The highest BCUT2D eigenvalue weighted by Crippen LogP contribution is 2.25. The minimum atomic E-state index is -0.870. The molecule has 0 heterocycles. The maximum absolute atomic E-state index is 12.0. The van der Waals surface area contributed by atoms with Gasteiger partial charge in [-0.25, -0.2) is 4.79 Å². The van der Waals surface area contributed by atoms with E-state index in [2.05, 4.69) is 10.6 Å². The number of amides is 2. The molecule has 3 N–H and O–H groups in total. The van der Waals surface area contributed by atoms with Crippen LogP contribution in [0.15, 0.2) is 18.2 Å². The van der Waals surface area contributed by atoms with E-state index in [-0.39, 0.29) is 6.04 Å². The lowest BCUT2D eigenvalue weighted by atomic mass is 9.84. The molecule has 2 amide bonds. The van der Waals surface area contributed by atoms with Crippen LogP contribution in [0.1, 0.15) is 25.7 Å². The molecule has 0 aromatic heterocycles. The van der Waals surface area contributed by atoms with Crippen LogP contribution in [0, 0.1) is 5.92 Å². The van der Waals surface area contributed by atoms with Crippen LogP contribution in [0.3, 0.4) is 0 Å². The van der Waals surface area contributed by atoms with Crippen molar-refractivity contribution in [1.29, 1.82) is 0 Å². The van der Waals surface area contributed by atoms with Gasteiger partial charge in [-0.3, -0.25) is 4.79 Å². The second-order valence-electron chi connectivity index (χ2n) is 5.09. The third kappa shape index (κ3) is 4.51. The van der Waals surface area contributed by atoms with Crippen molar-refractivity contribution in [3.05, 3.63) is 28.2 Å². The molecule has 2 unspecified atom stereocenters. The zero-order valence-corrected chi connectivity index (χ0v) is 12.7. The fourth-order valence-corrected chi connectivity index (χ4v) is 3.09. The van der Waals surface area contributed by atoms with E-state index in [4.69, 9.17) is 23.2 Å². The molecule has 1 aliphatic carbocycles. The SMILES string of the molecule is O=C(Nc1cc(Cl)cc(Cl)c1)NC1CCCCC1C(=O)O. The molecule has 0 aliphatic heterocycles. The first-order valence-electron chi connectivity index (χ1n) is 6.72. The Morgan fingerprint density at radius 2 is 1.71 bits per heavy atom. The second kappa shape index (κ2) is 7.00. The molecule has 1 fully saturated rings. The van der Waals surface area contributed by atoms with E-state index in [1.807, 2.05) is 0 Å². The average Bonchev–Trinajstić information content (AvgIpc) is 2.37. The fourth-order valence-electron chi connectivity index (χ4n) is 2.56. The largest absolute Gasteiger partial charge is 0.481 e. The van der Waals surface area contributed by atoms with Crippen molar-refractivity contribution in [2.24, 2.45) is 5.92 Å². The minimum Gasteiger partial charge on any atom is -0.481 e. The molecular weight excluding hydrogens is 315 g/mol. The number of benzene rings is 1. The van der Waals surface area contributed by atoms with Crippen molar-refractivity contribution in [2.45, 2.75) is 31.7 Å². The van der Waals surface area contributed by atoms with E-state index in [1.54, 1.807) is 18.2 Å². The Kier molecular flexibility index (Phi) is 5.31. The number of carboxylic acid groups (broad SMARTS) is 1. The van der Waals surface area contributed by atoms with Crippen molar-refractivity contribution < 1.29 is 14.7 Å². The molecule has 1 aromatic rings. The predicted molar refractivity (Wildman–Crippen MR) is 82.0 cm³/mol. The molecule has 21 heavy (non-hydrogen) atoms. The maximum atomic E-state index is 12.0. The molecule has 1 aromatic carbocycles. The molecule has 0 radical (unpaired) electrons. The summed E-state index contributed by atoms with van der Waals surface area (Å²) in [4.78, 5) is 23.2. The number of hydrogen-bond donors (Lipinski definition) is 3. The summed E-state index contributed by atoms with van der Waals surface area (Å²) in [6.07, 6.45) is 3.04. The Bertz CT molecular complexity index is 531. The van der Waals surface area contributed by atoms with Gasteiger partial charge in [0.05, 0.1) is 5.92 Å². The lowest BCUT2D eigenvalue weighted by Crippen LogP contribution is -2.46. The van der Waals surface area contributed by atoms with Crippen molar-refractivity contribution in [2.75, 3.05) is 5.32 Å². The van der Waals surface area contributed by atoms with E-state index >= 15 is 0 Å². The van der Waals surface area contributed by atoms with Crippen LogP contribution in [0.25, 0.3) is 0 Å². The Labute approximate surface area is 132 Å². The number of anilines is 1. The summed E-state index contributed by atoms with van der Waals surface area (Å²) in [5.74, 6) is -1.40. The molecule has 1 saturated carbocycles. The monoisotopic (exact) mass is 330 g/mol. The van der Waals surface area contributed by atoms with Crippen LogP contribution in [-0.4, -0.2) is 23.1 Å². The maximum Gasteiger partial charge on any atom is 0.319 e. The molecule has 114 valence electrons. The minimum absolute atomic E-state index is 0.356. The Hall–Kier alpha value is -1.46. The van der Waals surface area contributed by atoms with E-state index in [9.17, 15) is 14.7 Å². The Morgan fingerprint density at radius 1 is 1.10 bits per heavy atom. The number of carbonyl (C=O) groups excluding carboxylic acids is 1. The Morgan fingerprint density at radius 3 is 2.33 bits per heavy atom. The van der Waals surface area contributed by atoms with Gasteiger partial charge in [0.15, 0.2) is 0 Å². The number of urea groups is 1. The number of nitrogens with one attached hydrogen (secondary N) is 2. The first-order chi connectivity index (χ1) is 9.95. The van der Waals surface area contributed by atoms with Crippen LogP contribution < -0.4 is 10.6 Å². The molecular formula is C14H16Cl2N2O3. The van der Waals surface area contributed by atoms with Gasteiger partial charge in [-0.15, -0.1) is 0 Å². The summed E-state index contributed by atoms with van der Waals surface area (Å²) in [6.45, 7) is 0. The average molecular weight is 331 g/mol. The van der Waals surface area contributed by atoms with E-state index in [1.165, 1.54) is 0 Å². The van der Waals surface area contributed by atoms with Gasteiger partial charge in [0.2, 0.25) is 0 Å². The first-order valence-corrected chi connectivity index (χ1v) is 7.47. The lowest BCUT2D eigenvalue weighted by molar-refractivity contribution is -0.143. The van der Waals surface area contributed by atoms with E-state index in [0.717, 1.165) is 12.8 Å². The number of carboxylic acids is 1. The third-order valence-corrected chi connectivity index (χ3v) is 3.96. The number of halogens is 2. The van der Waals surface area contributed by atoms with Crippen LogP contribution in [0.4, 0.5) is 10.5 Å². The summed E-state index contributed by atoms with van der Waals surface area (Å²) in [5, 5.41) is 15.3. The highest BCUT2D eigenvalue weighted by atomic mass is 35.5. The summed E-state index contributed by atoms with van der Waals surface area (Å²) >= 11 is 11.7. The molecule has 5 nitrogen and oxygen atoms in total. The van der Waals surface area contributed by atoms with Crippen LogP contribution >= 0.6 is 23.2 Å². The normalized spacial score (nSPS) is 21.6. The third-order valence-electron chi connectivity index (χ3n) is 3.52. The zero-order valence-electron chi connectivity index (χ0n) is 11.2. The van der Waals surface area contributed by atoms with Gasteiger partial charge in [-0.1, -0.05) is 36.0 Å². The van der Waals surface area contributed by atoms with Gasteiger partial charge in [0.25, 0.3) is 0 Å². The molecule has 7 heteroatoms. The fraction of sp³-hybridized carbons (Fsp3) is 0.429. The van der Waals surface area contributed by atoms with E-state index < -0.39 is 17.9 Å². The summed E-state index contributed by atoms with van der Waals surface area (Å²) in [5.41, 5.74) is 0.465. The number of rotatable bonds is 3. The quantitative estimate of drug-likeness (QED) is 0.789. The summed E-state index contributed by atoms with van der Waals surface area (Å²) < 4.78 is 0. The lowest BCUT2D eigenvalue weighted by Gasteiger charge is -2.29. The number of carbonyl (C=O) groups is 2. The predicted octanol–water partition coefficient (Wildman–Crippen LogP) is 3.76. The van der Waals surface area contributed by atoms with Gasteiger partial charge < -0.3 is 15.7 Å². The van der Waals surface area contributed by atoms with Gasteiger partial charge in [-0.2, -0.15) is 0 Å². The molecule has 1 aliphatic rings.